The van der Waals surface area contributed by atoms with Gasteiger partial charge in [-0.2, -0.15) is 0 Å². The molecule has 1 aromatic heterocycles. The quantitative estimate of drug-likeness (QED) is 0.694. The van der Waals surface area contributed by atoms with Crippen molar-refractivity contribution in [1.29, 1.82) is 0 Å². The average molecular weight is 362 g/mol. The highest BCUT2D eigenvalue weighted by Gasteiger charge is 2.17. The van der Waals surface area contributed by atoms with Crippen LogP contribution < -0.4 is 10.9 Å². The summed E-state index contributed by atoms with van der Waals surface area (Å²) in [7, 11) is 0. The SMILES string of the molecule is C[C@@H](NC(=O)c1cc2cccc(Cl)c2oc1=O)c1ccc(Cl)cc1. The maximum atomic E-state index is 12.4. The van der Waals surface area contributed by atoms with Crippen LogP contribution in [0.2, 0.25) is 10.0 Å². The van der Waals surface area contributed by atoms with E-state index in [1.165, 1.54) is 6.07 Å². The van der Waals surface area contributed by atoms with Gasteiger partial charge in [-0.1, -0.05) is 47.5 Å². The van der Waals surface area contributed by atoms with Crippen molar-refractivity contribution < 1.29 is 9.21 Å². The summed E-state index contributed by atoms with van der Waals surface area (Å²) in [6.07, 6.45) is 0. The largest absolute Gasteiger partial charge is 0.421 e. The first-order valence-corrected chi connectivity index (χ1v) is 8.00. The predicted octanol–water partition coefficient (Wildman–Crippen LogP) is 4.59. The minimum atomic E-state index is -0.726. The van der Waals surface area contributed by atoms with E-state index >= 15 is 0 Å². The zero-order valence-electron chi connectivity index (χ0n) is 12.7. The van der Waals surface area contributed by atoms with Crippen LogP contribution in [0.5, 0.6) is 0 Å². The number of benzene rings is 2. The number of hydrogen-bond donors (Lipinski definition) is 1. The Morgan fingerprint density at radius 2 is 1.83 bits per heavy atom. The van der Waals surface area contributed by atoms with Crippen molar-refractivity contribution in [2.75, 3.05) is 0 Å². The second-order valence-electron chi connectivity index (χ2n) is 5.35. The van der Waals surface area contributed by atoms with Gasteiger partial charge in [0.25, 0.3) is 5.91 Å². The monoisotopic (exact) mass is 361 g/mol. The van der Waals surface area contributed by atoms with Crippen molar-refractivity contribution in [3.05, 3.63) is 80.1 Å². The third kappa shape index (κ3) is 3.30. The molecular weight excluding hydrogens is 349 g/mol. The van der Waals surface area contributed by atoms with E-state index in [0.29, 0.717) is 15.4 Å². The van der Waals surface area contributed by atoms with Crippen LogP contribution in [0.25, 0.3) is 11.0 Å². The number of nitrogens with one attached hydrogen (secondary N) is 1. The molecule has 1 amide bonds. The molecule has 3 aromatic rings. The molecule has 6 heteroatoms. The average Bonchev–Trinajstić information content (AvgIpc) is 2.55. The number of hydrogen-bond acceptors (Lipinski definition) is 3. The molecule has 122 valence electrons. The molecule has 1 heterocycles. The standard InChI is InChI=1S/C18H13Cl2NO3/c1-10(11-5-7-13(19)8-6-11)21-17(22)14-9-12-3-2-4-15(20)16(12)24-18(14)23/h2-10H,1H3,(H,21,22)/t10-/m1/s1. The van der Waals surface area contributed by atoms with Gasteiger partial charge in [-0.15, -0.1) is 0 Å². The molecule has 0 unspecified atom stereocenters. The van der Waals surface area contributed by atoms with E-state index in [1.54, 1.807) is 30.3 Å². The fourth-order valence-corrected chi connectivity index (χ4v) is 2.72. The van der Waals surface area contributed by atoms with Gasteiger partial charge in [0, 0.05) is 10.4 Å². The third-order valence-corrected chi connectivity index (χ3v) is 4.22. The lowest BCUT2D eigenvalue weighted by atomic mass is 10.1. The molecule has 0 radical (unpaired) electrons. The lowest BCUT2D eigenvalue weighted by Crippen LogP contribution is -2.30. The molecule has 4 nitrogen and oxygen atoms in total. The molecule has 1 N–H and O–H groups in total. The Bertz CT molecular complexity index is 964. The first kappa shape index (κ1) is 16.6. The second kappa shape index (κ2) is 6.67. The van der Waals surface area contributed by atoms with Crippen molar-refractivity contribution in [2.45, 2.75) is 13.0 Å². The molecule has 2 aromatic carbocycles. The summed E-state index contributed by atoms with van der Waals surface area (Å²) in [4.78, 5) is 24.5. The highest BCUT2D eigenvalue weighted by Crippen LogP contribution is 2.22. The molecule has 0 spiro atoms. The van der Waals surface area contributed by atoms with Crippen LogP contribution in [0.1, 0.15) is 28.9 Å². The van der Waals surface area contributed by atoms with E-state index in [4.69, 9.17) is 27.6 Å². The van der Waals surface area contributed by atoms with Gasteiger partial charge in [0.1, 0.15) is 5.56 Å². The molecule has 0 aliphatic heterocycles. The normalized spacial score (nSPS) is 12.1. The van der Waals surface area contributed by atoms with Crippen molar-refractivity contribution in [1.82, 2.24) is 5.32 Å². The summed E-state index contributed by atoms with van der Waals surface area (Å²) >= 11 is 11.8. The summed E-state index contributed by atoms with van der Waals surface area (Å²) in [6, 6.07) is 13.4. The van der Waals surface area contributed by atoms with E-state index in [0.717, 1.165) is 5.56 Å². The van der Waals surface area contributed by atoms with E-state index in [2.05, 4.69) is 5.32 Å². The van der Waals surface area contributed by atoms with Gasteiger partial charge in [-0.05, 0) is 36.8 Å². The first-order valence-electron chi connectivity index (χ1n) is 7.24. The van der Waals surface area contributed by atoms with E-state index < -0.39 is 11.5 Å². The number of rotatable bonds is 3. The summed E-state index contributed by atoms with van der Waals surface area (Å²) in [5, 5.41) is 4.31. The number of halogens is 2. The fourth-order valence-electron chi connectivity index (χ4n) is 2.38. The van der Waals surface area contributed by atoms with Crippen LogP contribution in [-0.2, 0) is 0 Å². The number of para-hydroxylation sites is 1. The minimum absolute atomic E-state index is 0.0643. The van der Waals surface area contributed by atoms with Crippen molar-refractivity contribution in [2.24, 2.45) is 0 Å². The fraction of sp³-hybridized carbons (Fsp3) is 0.111. The Balaban J connectivity index is 1.90. The topological polar surface area (TPSA) is 59.3 Å². The Kier molecular flexibility index (Phi) is 4.60. The Labute approximate surface area is 148 Å². The summed E-state index contributed by atoms with van der Waals surface area (Å²) in [5.74, 6) is -0.506. The van der Waals surface area contributed by atoms with Crippen molar-refractivity contribution in [3.63, 3.8) is 0 Å². The van der Waals surface area contributed by atoms with Gasteiger partial charge >= 0.3 is 5.63 Å². The maximum absolute atomic E-state index is 12.4. The molecule has 0 saturated carbocycles. The van der Waals surface area contributed by atoms with Crippen molar-refractivity contribution >= 4 is 40.1 Å². The maximum Gasteiger partial charge on any atom is 0.349 e. The molecular formula is C18H13Cl2NO3. The van der Waals surface area contributed by atoms with Gasteiger partial charge in [-0.25, -0.2) is 4.79 Å². The van der Waals surface area contributed by atoms with Gasteiger partial charge < -0.3 is 9.73 Å². The lowest BCUT2D eigenvalue weighted by Gasteiger charge is -2.14. The Hall–Kier alpha value is -2.30. The number of carbonyl (C=O) groups is 1. The van der Waals surface area contributed by atoms with E-state index in [1.807, 2.05) is 19.1 Å². The lowest BCUT2D eigenvalue weighted by molar-refractivity contribution is 0.0936. The van der Waals surface area contributed by atoms with E-state index in [-0.39, 0.29) is 17.2 Å². The predicted molar refractivity (Wildman–Crippen MR) is 94.8 cm³/mol. The second-order valence-corrected chi connectivity index (χ2v) is 6.20. The molecule has 24 heavy (non-hydrogen) atoms. The van der Waals surface area contributed by atoms with Crippen LogP contribution in [0.4, 0.5) is 0 Å². The Morgan fingerprint density at radius 3 is 2.54 bits per heavy atom. The minimum Gasteiger partial charge on any atom is -0.421 e. The van der Waals surface area contributed by atoms with Crippen LogP contribution in [0, 0.1) is 0 Å². The smallest absolute Gasteiger partial charge is 0.349 e. The van der Waals surface area contributed by atoms with Crippen LogP contribution in [0.3, 0.4) is 0 Å². The van der Waals surface area contributed by atoms with E-state index in [9.17, 15) is 9.59 Å². The zero-order chi connectivity index (χ0) is 17.3. The van der Waals surface area contributed by atoms with Gasteiger partial charge in [0.15, 0.2) is 5.58 Å². The van der Waals surface area contributed by atoms with Crippen LogP contribution >= 0.6 is 23.2 Å². The molecule has 0 aliphatic rings. The molecule has 1 atom stereocenters. The van der Waals surface area contributed by atoms with Gasteiger partial charge in [0.2, 0.25) is 0 Å². The van der Waals surface area contributed by atoms with Gasteiger partial charge in [-0.3, -0.25) is 4.79 Å². The van der Waals surface area contributed by atoms with Crippen LogP contribution in [-0.4, -0.2) is 5.91 Å². The zero-order valence-corrected chi connectivity index (χ0v) is 14.2. The molecule has 0 fully saturated rings. The highest BCUT2D eigenvalue weighted by atomic mass is 35.5. The number of carbonyl (C=O) groups excluding carboxylic acids is 1. The summed E-state index contributed by atoms with van der Waals surface area (Å²) in [6.45, 7) is 1.82. The summed E-state index contributed by atoms with van der Waals surface area (Å²) in [5.41, 5.74) is 0.356. The number of fused-ring (bicyclic) bond motifs is 1. The first-order chi connectivity index (χ1) is 11.5. The summed E-state index contributed by atoms with van der Waals surface area (Å²) < 4.78 is 5.18. The third-order valence-electron chi connectivity index (χ3n) is 3.67. The van der Waals surface area contributed by atoms with Crippen LogP contribution in [0.15, 0.2) is 57.7 Å². The number of amides is 1. The van der Waals surface area contributed by atoms with Gasteiger partial charge in [0.05, 0.1) is 11.1 Å². The molecule has 0 bridgehead atoms. The molecule has 0 aliphatic carbocycles. The van der Waals surface area contributed by atoms with Crippen molar-refractivity contribution in [3.8, 4) is 0 Å². The molecule has 0 saturated heterocycles. The highest BCUT2D eigenvalue weighted by molar-refractivity contribution is 6.34. The molecule has 3 rings (SSSR count). The Morgan fingerprint density at radius 1 is 1.12 bits per heavy atom.